The Labute approximate surface area is 109 Å². The Hall–Kier alpha value is -1.88. The average molecular weight is 267 g/mol. The van der Waals surface area contributed by atoms with E-state index < -0.39 is 11.9 Å². The largest absolute Gasteiger partial charge is 0.340 e. The summed E-state index contributed by atoms with van der Waals surface area (Å²) in [4.78, 5) is 34.2. The Balaban J connectivity index is 2.01. The Morgan fingerprint density at radius 3 is 2.56 bits per heavy atom. The van der Waals surface area contributed by atoms with E-state index in [4.69, 9.17) is 11.6 Å². The maximum absolute atomic E-state index is 11.8. The second-order valence-electron chi connectivity index (χ2n) is 3.98. The van der Waals surface area contributed by atoms with Crippen LogP contribution in [0.2, 0.25) is 5.02 Å². The number of benzene rings is 1. The highest BCUT2D eigenvalue weighted by Gasteiger charge is 2.27. The molecule has 0 aromatic heterocycles. The molecule has 0 saturated carbocycles. The maximum atomic E-state index is 11.8. The fourth-order valence-electron chi connectivity index (χ4n) is 1.67. The van der Waals surface area contributed by atoms with Gasteiger partial charge in [-0.2, -0.15) is 0 Å². The number of rotatable bonds is 2. The van der Waals surface area contributed by atoms with Crippen LogP contribution in [-0.4, -0.2) is 23.8 Å². The van der Waals surface area contributed by atoms with Gasteiger partial charge in [0.25, 0.3) is 5.91 Å². The fourth-order valence-corrected chi connectivity index (χ4v) is 1.80. The molecule has 0 unspecified atom stereocenters. The highest BCUT2D eigenvalue weighted by molar-refractivity contribution is 6.30. The third-order valence-electron chi connectivity index (χ3n) is 2.65. The van der Waals surface area contributed by atoms with E-state index in [0.29, 0.717) is 17.0 Å². The predicted octanol–water partition coefficient (Wildman–Crippen LogP) is 0.875. The summed E-state index contributed by atoms with van der Waals surface area (Å²) >= 11 is 5.71. The van der Waals surface area contributed by atoms with Gasteiger partial charge in [-0.1, -0.05) is 11.6 Å². The minimum atomic E-state index is -0.661. The van der Waals surface area contributed by atoms with Gasteiger partial charge in [0.1, 0.15) is 6.04 Å². The van der Waals surface area contributed by atoms with E-state index in [0.717, 1.165) is 0 Å². The van der Waals surface area contributed by atoms with Gasteiger partial charge in [-0.25, -0.2) is 0 Å². The first-order chi connectivity index (χ1) is 8.56. The molecule has 0 aliphatic carbocycles. The van der Waals surface area contributed by atoms with Crippen molar-refractivity contribution in [3.63, 3.8) is 0 Å². The SMILES string of the molecule is O=C1CC[C@@H](NC(=O)c2ccc(Cl)cc2)C(=O)N1. The lowest BCUT2D eigenvalue weighted by molar-refractivity contribution is -0.134. The van der Waals surface area contributed by atoms with E-state index >= 15 is 0 Å². The second kappa shape index (κ2) is 5.18. The molecule has 1 heterocycles. The van der Waals surface area contributed by atoms with Gasteiger partial charge in [0.05, 0.1) is 0 Å². The number of nitrogens with one attached hydrogen (secondary N) is 2. The zero-order valence-corrected chi connectivity index (χ0v) is 10.2. The molecule has 1 aromatic rings. The maximum Gasteiger partial charge on any atom is 0.251 e. The number of imide groups is 1. The topological polar surface area (TPSA) is 75.3 Å². The van der Waals surface area contributed by atoms with E-state index in [1.165, 1.54) is 0 Å². The molecule has 0 spiro atoms. The van der Waals surface area contributed by atoms with E-state index in [1.807, 2.05) is 0 Å². The van der Waals surface area contributed by atoms with Crippen molar-refractivity contribution in [3.05, 3.63) is 34.9 Å². The molecular formula is C12H11ClN2O3. The quantitative estimate of drug-likeness (QED) is 0.780. The van der Waals surface area contributed by atoms with Crippen molar-refractivity contribution in [2.45, 2.75) is 18.9 Å². The van der Waals surface area contributed by atoms with Crippen LogP contribution in [0.15, 0.2) is 24.3 Å². The first-order valence-electron chi connectivity index (χ1n) is 5.46. The van der Waals surface area contributed by atoms with Crippen molar-refractivity contribution >= 4 is 29.3 Å². The van der Waals surface area contributed by atoms with Gasteiger partial charge in [0, 0.05) is 17.0 Å². The minimum absolute atomic E-state index is 0.233. The monoisotopic (exact) mass is 266 g/mol. The molecule has 1 saturated heterocycles. The Kier molecular flexibility index (Phi) is 3.62. The van der Waals surface area contributed by atoms with E-state index in [1.54, 1.807) is 24.3 Å². The van der Waals surface area contributed by atoms with Crippen LogP contribution in [0.25, 0.3) is 0 Å². The number of halogens is 1. The van der Waals surface area contributed by atoms with Gasteiger partial charge in [-0.05, 0) is 30.7 Å². The molecule has 6 heteroatoms. The predicted molar refractivity (Wildman–Crippen MR) is 65.1 cm³/mol. The molecule has 1 atom stereocenters. The Morgan fingerprint density at radius 1 is 1.28 bits per heavy atom. The lowest BCUT2D eigenvalue weighted by Gasteiger charge is -2.21. The van der Waals surface area contributed by atoms with Crippen LogP contribution >= 0.6 is 11.6 Å². The second-order valence-corrected chi connectivity index (χ2v) is 4.42. The molecule has 2 N–H and O–H groups in total. The lowest BCUT2D eigenvalue weighted by Crippen LogP contribution is -2.52. The molecule has 1 fully saturated rings. The molecule has 1 aliphatic rings. The summed E-state index contributed by atoms with van der Waals surface area (Å²) in [6.07, 6.45) is 0.557. The smallest absolute Gasteiger partial charge is 0.251 e. The summed E-state index contributed by atoms with van der Waals surface area (Å²) in [6.45, 7) is 0. The van der Waals surface area contributed by atoms with Crippen molar-refractivity contribution in [2.24, 2.45) is 0 Å². The van der Waals surface area contributed by atoms with E-state index in [-0.39, 0.29) is 18.2 Å². The number of carbonyl (C=O) groups is 3. The van der Waals surface area contributed by atoms with Crippen molar-refractivity contribution in [2.75, 3.05) is 0 Å². The molecule has 5 nitrogen and oxygen atoms in total. The van der Waals surface area contributed by atoms with E-state index in [2.05, 4.69) is 10.6 Å². The summed E-state index contributed by atoms with van der Waals surface area (Å²) in [6, 6.07) is 5.68. The number of hydrogen-bond acceptors (Lipinski definition) is 3. The zero-order chi connectivity index (χ0) is 13.1. The molecule has 3 amide bonds. The van der Waals surface area contributed by atoms with Crippen LogP contribution in [-0.2, 0) is 9.59 Å². The standard InChI is InChI=1S/C12H11ClN2O3/c13-8-3-1-7(2-4-8)11(17)14-9-5-6-10(16)15-12(9)18/h1-4,9H,5-6H2,(H,14,17)(H,15,16,18)/t9-/m1/s1. The Bertz CT molecular complexity index is 499. The minimum Gasteiger partial charge on any atom is -0.340 e. The number of amides is 3. The van der Waals surface area contributed by atoms with Gasteiger partial charge in [-0.15, -0.1) is 0 Å². The van der Waals surface area contributed by atoms with Gasteiger partial charge < -0.3 is 5.32 Å². The number of piperidine rings is 1. The van der Waals surface area contributed by atoms with Crippen LogP contribution in [0, 0.1) is 0 Å². The first kappa shape index (κ1) is 12.6. The summed E-state index contributed by atoms with van der Waals surface area (Å²) < 4.78 is 0. The van der Waals surface area contributed by atoms with Crippen molar-refractivity contribution in [1.82, 2.24) is 10.6 Å². The lowest BCUT2D eigenvalue weighted by atomic mass is 10.1. The van der Waals surface area contributed by atoms with Crippen LogP contribution in [0.1, 0.15) is 23.2 Å². The van der Waals surface area contributed by atoms with Gasteiger partial charge in [0.15, 0.2) is 0 Å². The zero-order valence-electron chi connectivity index (χ0n) is 9.40. The molecule has 94 valence electrons. The molecule has 0 radical (unpaired) electrons. The summed E-state index contributed by atoms with van der Waals surface area (Å²) in [5.74, 6) is -1.13. The van der Waals surface area contributed by atoms with Crippen molar-refractivity contribution in [1.29, 1.82) is 0 Å². The van der Waals surface area contributed by atoms with Gasteiger partial charge >= 0.3 is 0 Å². The number of hydrogen-bond donors (Lipinski definition) is 2. The Morgan fingerprint density at radius 2 is 1.94 bits per heavy atom. The third-order valence-corrected chi connectivity index (χ3v) is 2.90. The van der Waals surface area contributed by atoms with Crippen LogP contribution < -0.4 is 10.6 Å². The molecule has 18 heavy (non-hydrogen) atoms. The summed E-state index contributed by atoms with van der Waals surface area (Å²) in [5.41, 5.74) is 0.420. The van der Waals surface area contributed by atoms with Crippen LogP contribution in [0.4, 0.5) is 0 Å². The highest BCUT2D eigenvalue weighted by atomic mass is 35.5. The molecule has 1 aliphatic heterocycles. The van der Waals surface area contributed by atoms with Crippen molar-refractivity contribution in [3.8, 4) is 0 Å². The van der Waals surface area contributed by atoms with Crippen molar-refractivity contribution < 1.29 is 14.4 Å². The molecule has 1 aromatic carbocycles. The average Bonchev–Trinajstić information content (AvgIpc) is 2.33. The normalized spacial score (nSPS) is 19.3. The molecular weight excluding hydrogens is 256 g/mol. The van der Waals surface area contributed by atoms with Crippen LogP contribution in [0.5, 0.6) is 0 Å². The summed E-state index contributed by atoms with van der Waals surface area (Å²) in [7, 11) is 0. The van der Waals surface area contributed by atoms with Gasteiger partial charge in [0.2, 0.25) is 11.8 Å². The highest BCUT2D eigenvalue weighted by Crippen LogP contribution is 2.10. The van der Waals surface area contributed by atoms with E-state index in [9.17, 15) is 14.4 Å². The molecule has 0 bridgehead atoms. The summed E-state index contributed by atoms with van der Waals surface area (Å²) in [5, 5.41) is 5.30. The van der Waals surface area contributed by atoms with Crippen LogP contribution in [0.3, 0.4) is 0 Å². The van der Waals surface area contributed by atoms with Gasteiger partial charge in [-0.3, -0.25) is 19.7 Å². The third kappa shape index (κ3) is 2.87. The number of carbonyl (C=O) groups excluding carboxylic acids is 3. The fraction of sp³-hybridized carbons (Fsp3) is 0.250. The molecule has 2 rings (SSSR count). The first-order valence-corrected chi connectivity index (χ1v) is 5.84.